The Morgan fingerprint density at radius 1 is 1.30 bits per heavy atom. The molecule has 0 saturated heterocycles. The van der Waals surface area contributed by atoms with Gasteiger partial charge in [-0.2, -0.15) is 5.10 Å². The van der Waals surface area contributed by atoms with Gasteiger partial charge in [0.15, 0.2) is 0 Å². The van der Waals surface area contributed by atoms with E-state index in [0.717, 1.165) is 15.9 Å². The molecule has 0 unspecified atom stereocenters. The smallest absolute Gasteiger partial charge is 0.136 e. The summed E-state index contributed by atoms with van der Waals surface area (Å²) in [5.74, 6) is 0.750. The number of anilines is 1. The molecule has 3 rings (SSSR count). The van der Waals surface area contributed by atoms with Crippen molar-refractivity contribution in [2.75, 3.05) is 5.73 Å². The first kappa shape index (κ1) is 13.5. The number of halogens is 1. The Morgan fingerprint density at radius 2 is 2.10 bits per heavy atom. The van der Waals surface area contributed by atoms with E-state index < -0.39 is 0 Å². The van der Waals surface area contributed by atoms with Crippen LogP contribution in [-0.2, 0) is 6.61 Å². The second kappa shape index (κ2) is 5.87. The highest BCUT2D eigenvalue weighted by Gasteiger charge is 2.17. The van der Waals surface area contributed by atoms with Crippen molar-refractivity contribution in [3.8, 4) is 5.75 Å². The van der Waals surface area contributed by atoms with E-state index in [4.69, 9.17) is 10.5 Å². The lowest BCUT2D eigenvalue weighted by Crippen LogP contribution is -2.06. The minimum Gasteiger partial charge on any atom is -0.486 e. The van der Waals surface area contributed by atoms with Gasteiger partial charge in [0.25, 0.3) is 0 Å². The van der Waals surface area contributed by atoms with Crippen LogP contribution in [-0.4, -0.2) is 9.78 Å². The number of nitrogens with zero attached hydrogens (tertiary/aromatic N) is 2. The van der Waals surface area contributed by atoms with E-state index in [1.165, 1.54) is 25.7 Å². The van der Waals surface area contributed by atoms with E-state index in [2.05, 4.69) is 31.9 Å². The molecule has 106 valence electrons. The summed E-state index contributed by atoms with van der Waals surface area (Å²) in [5, 5.41) is 4.60. The van der Waals surface area contributed by atoms with Gasteiger partial charge < -0.3 is 10.5 Å². The lowest BCUT2D eigenvalue weighted by Gasteiger charge is -2.10. The van der Waals surface area contributed by atoms with Crippen molar-refractivity contribution in [3.63, 3.8) is 0 Å². The molecule has 5 heteroatoms. The zero-order valence-electron chi connectivity index (χ0n) is 11.3. The van der Waals surface area contributed by atoms with Crippen molar-refractivity contribution in [1.29, 1.82) is 0 Å². The molecule has 2 aromatic rings. The average molecular weight is 336 g/mol. The molecule has 1 aliphatic rings. The van der Waals surface area contributed by atoms with Crippen LogP contribution in [0.3, 0.4) is 0 Å². The molecule has 20 heavy (non-hydrogen) atoms. The maximum Gasteiger partial charge on any atom is 0.136 e. The molecule has 0 aliphatic heterocycles. The van der Waals surface area contributed by atoms with E-state index in [-0.39, 0.29) is 0 Å². The quantitative estimate of drug-likeness (QED) is 0.861. The van der Waals surface area contributed by atoms with Crippen LogP contribution in [0.25, 0.3) is 0 Å². The molecule has 1 aromatic heterocycles. The highest BCUT2D eigenvalue weighted by atomic mass is 79.9. The summed E-state index contributed by atoms with van der Waals surface area (Å²) >= 11 is 3.44. The average Bonchev–Trinajstić information content (AvgIpc) is 3.10. The minimum atomic E-state index is 0.460. The maximum atomic E-state index is 5.83. The first-order chi connectivity index (χ1) is 9.74. The second-order valence-corrected chi connectivity index (χ2v) is 5.97. The summed E-state index contributed by atoms with van der Waals surface area (Å²) in [6.07, 6.45) is 7.16. The minimum absolute atomic E-state index is 0.460. The van der Waals surface area contributed by atoms with Crippen molar-refractivity contribution >= 4 is 21.6 Å². The Hall–Kier alpha value is -1.49. The number of hydrogen-bond donors (Lipinski definition) is 1. The van der Waals surface area contributed by atoms with Gasteiger partial charge in [-0.05, 0) is 47.0 Å². The van der Waals surface area contributed by atoms with Crippen LogP contribution in [0, 0.1) is 0 Å². The van der Waals surface area contributed by atoms with Crippen LogP contribution in [0.4, 0.5) is 5.69 Å². The second-order valence-electron chi connectivity index (χ2n) is 5.17. The molecule has 0 amide bonds. The fourth-order valence-electron chi connectivity index (χ4n) is 2.62. The summed E-state index contributed by atoms with van der Waals surface area (Å²) in [7, 11) is 0. The number of rotatable bonds is 4. The number of ether oxygens (including phenoxy) is 1. The number of hydrogen-bond acceptors (Lipinski definition) is 3. The van der Waals surface area contributed by atoms with E-state index in [0.29, 0.717) is 18.3 Å². The largest absolute Gasteiger partial charge is 0.486 e. The topological polar surface area (TPSA) is 53.1 Å². The number of nitrogen functional groups attached to an aromatic ring is 1. The van der Waals surface area contributed by atoms with Gasteiger partial charge in [-0.1, -0.05) is 18.9 Å². The Kier molecular flexibility index (Phi) is 3.96. The van der Waals surface area contributed by atoms with Crippen molar-refractivity contribution in [2.45, 2.75) is 38.3 Å². The lowest BCUT2D eigenvalue weighted by molar-refractivity contribution is 0.296. The zero-order chi connectivity index (χ0) is 13.9. The lowest BCUT2D eigenvalue weighted by atomic mass is 10.3. The van der Waals surface area contributed by atoms with Crippen molar-refractivity contribution in [1.82, 2.24) is 9.78 Å². The molecule has 1 heterocycles. The van der Waals surface area contributed by atoms with E-state index >= 15 is 0 Å². The Labute approximate surface area is 127 Å². The summed E-state index contributed by atoms with van der Waals surface area (Å²) < 4.78 is 8.66. The monoisotopic (exact) mass is 335 g/mol. The van der Waals surface area contributed by atoms with Gasteiger partial charge in [-0.15, -0.1) is 0 Å². The van der Waals surface area contributed by atoms with E-state index in [1.54, 1.807) is 0 Å². The molecule has 0 bridgehead atoms. The molecule has 0 atom stereocenters. The Morgan fingerprint density at radius 3 is 2.90 bits per heavy atom. The van der Waals surface area contributed by atoms with Crippen molar-refractivity contribution < 1.29 is 4.74 Å². The summed E-state index contributed by atoms with van der Waals surface area (Å²) in [6, 6.07) is 8.22. The Balaban J connectivity index is 1.65. The third kappa shape index (κ3) is 2.82. The molecule has 0 spiro atoms. The zero-order valence-corrected chi connectivity index (χ0v) is 12.8. The van der Waals surface area contributed by atoms with Crippen LogP contribution in [0.5, 0.6) is 5.75 Å². The molecular weight excluding hydrogens is 318 g/mol. The maximum absolute atomic E-state index is 5.83. The molecule has 1 aromatic carbocycles. The van der Waals surface area contributed by atoms with Crippen LogP contribution in [0.2, 0.25) is 0 Å². The van der Waals surface area contributed by atoms with Gasteiger partial charge in [0.1, 0.15) is 12.4 Å². The first-order valence-corrected chi connectivity index (χ1v) is 7.74. The van der Waals surface area contributed by atoms with Gasteiger partial charge in [-0.3, -0.25) is 4.68 Å². The van der Waals surface area contributed by atoms with E-state index in [9.17, 15) is 0 Å². The fraction of sp³-hybridized carbons (Fsp3) is 0.400. The first-order valence-electron chi connectivity index (χ1n) is 6.95. The molecule has 1 fully saturated rings. The summed E-state index contributed by atoms with van der Waals surface area (Å²) in [4.78, 5) is 0. The number of benzene rings is 1. The van der Waals surface area contributed by atoms with Crippen molar-refractivity contribution in [3.05, 3.63) is 40.6 Å². The highest BCUT2D eigenvalue weighted by molar-refractivity contribution is 9.10. The van der Waals surface area contributed by atoms with Gasteiger partial charge in [0.05, 0.1) is 16.2 Å². The van der Waals surface area contributed by atoms with Crippen LogP contribution >= 0.6 is 15.9 Å². The Bertz CT molecular complexity index is 591. The predicted octanol–water partition coefficient (Wildman–Crippen LogP) is 3.92. The molecule has 1 saturated carbocycles. The number of aromatic nitrogens is 2. The standard InChI is InChI=1S/C15H18BrN3O/c16-15-13(17)6-3-7-14(15)20-10-11-8-9-19(18-11)12-4-1-2-5-12/h3,6-9,12H,1-2,4-5,10,17H2. The van der Waals surface area contributed by atoms with Gasteiger partial charge in [0.2, 0.25) is 0 Å². The summed E-state index contributed by atoms with van der Waals surface area (Å²) in [6.45, 7) is 0.460. The van der Waals surface area contributed by atoms with Gasteiger partial charge in [-0.25, -0.2) is 0 Å². The van der Waals surface area contributed by atoms with Crippen molar-refractivity contribution in [2.24, 2.45) is 0 Å². The van der Waals surface area contributed by atoms with Crippen LogP contribution in [0.1, 0.15) is 37.4 Å². The molecule has 0 radical (unpaired) electrons. The molecule has 1 aliphatic carbocycles. The van der Waals surface area contributed by atoms with Crippen LogP contribution < -0.4 is 10.5 Å². The van der Waals surface area contributed by atoms with E-state index in [1.807, 2.05) is 24.3 Å². The third-order valence-electron chi connectivity index (χ3n) is 3.73. The highest BCUT2D eigenvalue weighted by Crippen LogP contribution is 2.31. The normalized spacial score (nSPS) is 15.7. The van der Waals surface area contributed by atoms with Gasteiger partial charge >= 0.3 is 0 Å². The number of nitrogens with two attached hydrogens (primary N) is 1. The molecule has 2 N–H and O–H groups in total. The van der Waals surface area contributed by atoms with Crippen LogP contribution in [0.15, 0.2) is 34.9 Å². The molecular formula is C15H18BrN3O. The summed E-state index contributed by atoms with van der Waals surface area (Å²) in [5.41, 5.74) is 7.46. The third-order valence-corrected chi connectivity index (χ3v) is 4.58. The SMILES string of the molecule is Nc1cccc(OCc2ccn(C3CCCC3)n2)c1Br. The molecule has 4 nitrogen and oxygen atoms in total. The fourth-order valence-corrected chi connectivity index (χ4v) is 3.00. The van der Waals surface area contributed by atoms with Gasteiger partial charge in [0, 0.05) is 11.9 Å². The predicted molar refractivity (Wildman–Crippen MR) is 82.6 cm³/mol.